The number of anilines is 1. The van der Waals surface area contributed by atoms with Gasteiger partial charge in [0.15, 0.2) is 5.69 Å². The molecule has 0 aliphatic heterocycles. The van der Waals surface area contributed by atoms with Crippen LogP contribution in [0.5, 0.6) is 0 Å². The summed E-state index contributed by atoms with van der Waals surface area (Å²) in [6.45, 7) is 2.82. The fraction of sp³-hybridized carbons (Fsp3) is 0.538. The predicted molar refractivity (Wildman–Crippen MR) is 74.3 cm³/mol. The molecule has 2 amide bonds. The van der Waals surface area contributed by atoms with E-state index < -0.39 is 5.91 Å². The maximum Gasteiger partial charge on any atom is 0.272 e. The van der Waals surface area contributed by atoms with E-state index in [2.05, 4.69) is 33.1 Å². The number of carbonyl (C=O) groups is 2. The van der Waals surface area contributed by atoms with Crippen molar-refractivity contribution in [2.75, 3.05) is 18.4 Å². The number of nitrogens with one attached hydrogen (secondary N) is 3. The zero-order chi connectivity index (χ0) is 14.4. The molecule has 0 saturated heterocycles. The second kappa shape index (κ2) is 6.83. The summed E-state index contributed by atoms with van der Waals surface area (Å²) in [5.41, 5.74) is 0.200. The number of aromatic nitrogens is 2. The Morgan fingerprint density at radius 2 is 2.10 bits per heavy atom. The van der Waals surface area contributed by atoms with Crippen LogP contribution in [0.1, 0.15) is 36.7 Å². The van der Waals surface area contributed by atoms with Gasteiger partial charge in [-0.2, -0.15) is 0 Å². The molecule has 3 N–H and O–H groups in total. The quantitative estimate of drug-likeness (QED) is 0.666. The summed E-state index contributed by atoms with van der Waals surface area (Å²) in [4.78, 5) is 23.2. The largest absolute Gasteiger partial charge is 0.369 e. The molecule has 1 aromatic rings. The number of hydrogen-bond donors (Lipinski definition) is 3. The lowest BCUT2D eigenvalue weighted by molar-refractivity contribution is -0.120. The summed E-state index contributed by atoms with van der Waals surface area (Å²) < 4.78 is 0. The van der Waals surface area contributed by atoms with Gasteiger partial charge < -0.3 is 16.0 Å². The molecule has 1 aliphatic carbocycles. The van der Waals surface area contributed by atoms with Gasteiger partial charge in [0.2, 0.25) is 5.91 Å². The fourth-order valence-corrected chi connectivity index (χ4v) is 1.56. The van der Waals surface area contributed by atoms with Gasteiger partial charge >= 0.3 is 0 Å². The summed E-state index contributed by atoms with van der Waals surface area (Å²) in [6, 6.07) is 3.57. The Kier molecular flexibility index (Phi) is 4.86. The Morgan fingerprint density at radius 1 is 1.30 bits per heavy atom. The number of nitrogens with zero attached hydrogens (tertiary/aromatic N) is 2. The lowest BCUT2D eigenvalue weighted by Crippen LogP contribution is -2.38. The monoisotopic (exact) mass is 277 g/mol. The van der Waals surface area contributed by atoms with Crippen molar-refractivity contribution >= 4 is 17.6 Å². The van der Waals surface area contributed by atoms with Crippen LogP contribution in [0.15, 0.2) is 12.1 Å². The van der Waals surface area contributed by atoms with E-state index in [0.29, 0.717) is 11.9 Å². The SMILES string of the molecule is CCCNc1ccc(C(=O)NCC(=O)NC2CC2)nn1. The summed E-state index contributed by atoms with van der Waals surface area (Å²) >= 11 is 0. The minimum atomic E-state index is -0.398. The molecule has 108 valence electrons. The highest BCUT2D eigenvalue weighted by Crippen LogP contribution is 2.18. The van der Waals surface area contributed by atoms with Crippen LogP contribution in [0.25, 0.3) is 0 Å². The van der Waals surface area contributed by atoms with Crippen LogP contribution in [-0.2, 0) is 4.79 Å². The van der Waals surface area contributed by atoms with E-state index in [1.54, 1.807) is 12.1 Å². The molecular formula is C13H19N5O2. The molecule has 7 heteroatoms. The molecule has 0 bridgehead atoms. The van der Waals surface area contributed by atoms with Crippen LogP contribution >= 0.6 is 0 Å². The van der Waals surface area contributed by atoms with E-state index in [9.17, 15) is 9.59 Å². The predicted octanol–water partition coefficient (Wildman–Crippen LogP) is 0.307. The Labute approximate surface area is 117 Å². The Bertz CT molecular complexity index is 470. The molecule has 1 aliphatic rings. The lowest BCUT2D eigenvalue weighted by Gasteiger charge is -2.06. The van der Waals surface area contributed by atoms with Crippen molar-refractivity contribution in [2.24, 2.45) is 0 Å². The average Bonchev–Trinajstić information content (AvgIpc) is 3.27. The molecule has 1 saturated carbocycles. The number of amides is 2. The van der Waals surface area contributed by atoms with Crippen LogP contribution in [0.4, 0.5) is 5.82 Å². The van der Waals surface area contributed by atoms with Gasteiger partial charge in [-0.25, -0.2) is 0 Å². The van der Waals surface area contributed by atoms with E-state index in [1.165, 1.54) is 0 Å². The smallest absolute Gasteiger partial charge is 0.272 e. The second-order valence-electron chi connectivity index (χ2n) is 4.76. The van der Waals surface area contributed by atoms with Gasteiger partial charge in [0.05, 0.1) is 6.54 Å². The molecule has 1 aromatic heterocycles. The summed E-state index contributed by atoms with van der Waals surface area (Å²) in [7, 11) is 0. The zero-order valence-electron chi connectivity index (χ0n) is 11.5. The molecule has 0 aromatic carbocycles. The van der Waals surface area contributed by atoms with E-state index >= 15 is 0 Å². The summed E-state index contributed by atoms with van der Waals surface area (Å²) in [6.07, 6.45) is 3.04. The van der Waals surface area contributed by atoms with Crippen molar-refractivity contribution in [3.8, 4) is 0 Å². The molecule has 0 atom stereocenters. The highest BCUT2D eigenvalue weighted by atomic mass is 16.2. The van der Waals surface area contributed by atoms with Crippen molar-refractivity contribution in [1.82, 2.24) is 20.8 Å². The topological polar surface area (TPSA) is 96.0 Å². The molecular weight excluding hydrogens is 258 g/mol. The van der Waals surface area contributed by atoms with Crippen molar-refractivity contribution in [3.63, 3.8) is 0 Å². The van der Waals surface area contributed by atoms with E-state index in [4.69, 9.17) is 0 Å². The van der Waals surface area contributed by atoms with E-state index in [-0.39, 0.29) is 18.1 Å². The third-order valence-electron chi connectivity index (χ3n) is 2.81. The van der Waals surface area contributed by atoms with Crippen LogP contribution in [-0.4, -0.2) is 41.1 Å². The average molecular weight is 277 g/mol. The van der Waals surface area contributed by atoms with E-state index in [0.717, 1.165) is 25.8 Å². The molecule has 7 nitrogen and oxygen atoms in total. The minimum absolute atomic E-state index is 0.0349. The highest BCUT2D eigenvalue weighted by molar-refractivity contribution is 5.94. The van der Waals surface area contributed by atoms with Crippen molar-refractivity contribution < 1.29 is 9.59 Å². The first-order chi connectivity index (χ1) is 9.69. The van der Waals surface area contributed by atoms with Gasteiger partial charge in [0.1, 0.15) is 5.82 Å². The Balaban J connectivity index is 1.77. The third kappa shape index (κ3) is 4.49. The highest BCUT2D eigenvalue weighted by Gasteiger charge is 2.23. The Hall–Kier alpha value is -2.18. The molecule has 2 rings (SSSR count). The number of hydrogen-bond acceptors (Lipinski definition) is 5. The number of rotatable bonds is 7. The van der Waals surface area contributed by atoms with Gasteiger partial charge in [-0.1, -0.05) is 6.92 Å². The van der Waals surface area contributed by atoms with E-state index in [1.807, 2.05) is 0 Å². The van der Waals surface area contributed by atoms with Gasteiger partial charge in [-0.15, -0.1) is 10.2 Å². The number of carbonyl (C=O) groups excluding carboxylic acids is 2. The van der Waals surface area contributed by atoms with Gasteiger partial charge in [-0.05, 0) is 31.4 Å². The van der Waals surface area contributed by atoms with Gasteiger partial charge in [-0.3, -0.25) is 9.59 Å². The second-order valence-corrected chi connectivity index (χ2v) is 4.76. The maximum absolute atomic E-state index is 11.8. The van der Waals surface area contributed by atoms with Crippen molar-refractivity contribution in [3.05, 3.63) is 17.8 Å². The summed E-state index contributed by atoms with van der Waals surface area (Å²) in [5, 5.41) is 16.1. The molecule has 1 fully saturated rings. The first-order valence-electron chi connectivity index (χ1n) is 6.84. The molecule has 1 heterocycles. The van der Waals surface area contributed by atoms with Crippen LogP contribution in [0, 0.1) is 0 Å². The van der Waals surface area contributed by atoms with Crippen molar-refractivity contribution in [1.29, 1.82) is 0 Å². The normalized spacial score (nSPS) is 13.7. The fourth-order valence-electron chi connectivity index (χ4n) is 1.56. The van der Waals surface area contributed by atoms with Crippen LogP contribution in [0.2, 0.25) is 0 Å². The summed E-state index contributed by atoms with van der Waals surface area (Å²) in [5.74, 6) is 0.0652. The maximum atomic E-state index is 11.8. The molecule has 0 unspecified atom stereocenters. The Morgan fingerprint density at radius 3 is 2.70 bits per heavy atom. The van der Waals surface area contributed by atoms with Gasteiger partial charge in [0.25, 0.3) is 5.91 Å². The molecule has 0 radical (unpaired) electrons. The minimum Gasteiger partial charge on any atom is -0.369 e. The lowest BCUT2D eigenvalue weighted by atomic mass is 10.3. The first kappa shape index (κ1) is 14.2. The molecule has 0 spiro atoms. The first-order valence-corrected chi connectivity index (χ1v) is 6.84. The molecule has 20 heavy (non-hydrogen) atoms. The van der Waals surface area contributed by atoms with Crippen LogP contribution in [0.3, 0.4) is 0 Å². The van der Waals surface area contributed by atoms with Crippen molar-refractivity contribution in [2.45, 2.75) is 32.2 Å². The zero-order valence-corrected chi connectivity index (χ0v) is 11.5. The third-order valence-corrected chi connectivity index (χ3v) is 2.81. The van der Waals surface area contributed by atoms with Gasteiger partial charge in [0, 0.05) is 12.6 Å². The standard InChI is InChI=1S/C13H19N5O2/c1-2-7-14-11-6-5-10(17-18-11)13(20)15-8-12(19)16-9-3-4-9/h5-6,9H,2-4,7-8H2,1H3,(H,14,18)(H,15,20)(H,16,19). The van der Waals surface area contributed by atoms with Crippen LogP contribution < -0.4 is 16.0 Å².